The monoisotopic (exact) mass is 491 g/mol. The van der Waals surface area contributed by atoms with Gasteiger partial charge < -0.3 is 5.32 Å². The predicted molar refractivity (Wildman–Crippen MR) is 136 cm³/mol. The Morgan fingerprint density at radius 1 is 1.00 bits per heavy atom. The molecule has 8 heteroatoms. The largest absolute Gasteiger partial charge is 0.317 e. The van der Waals surface area contributed by atoms with Crippen LogP contribution < -0.4 is 9.62 Å². The van der Waals surface area contributed by atoms with E-state index in [1.54, 1.807) is 18.2 Å². The van der Waals surface area contributed by atoms with Crippen LogP contribution >= 0.6 is 11.3 Å². The Bertz CT molecular complexity index is 1450. The fourth-order valence-corrected chi connectivity index (χ4v) is 7.49. The van der Waals surface area contributed by atoms with Crippen molar-refractivity contribution in [1.82, 2.24) is 10.3 Å². The highest BCUT2D eigenvalue weighted by Crippen LogP contribution is 2.35. The van der Waals surface area contributed by atoms with Gasteiger partial charge >= 0.3 is 0 Å². The van der Waals surface area contributed by atoms with Crippen molar-refractivity contribution in [3.8, 4) is 0 Å². The summed E-state index contributed by atoms with van der Waals surface area (Å²) >= 11 is 1.14. The molecule has 34 heavy (non-hydrogen) atoms. The molecular formula is C26H25N3O3S2. The molecule has 0 unspecified atom stereocenters. The van der Waals surface area contributed by atoms with Crippen molar-refractivity contribution < 1.29 is 13.2 Å². The Labute approximate surface area is 203 Å². The molecule has 6 nitrogen and oxygen atoms in total. The zero-order chi connectivity index (χ0) is 23.7. The van der Waals surface area contributed by atoms with Crippen LogP contribution in [0.5, 0.6) is 0 Å². The number of benzene rings is 3. The summed E-state index contributed by atoms with van der Waals surface area (Å²) in [4.78, 5) is 18.3. The fraction of sp³-hybridized carbons (Fsp3) is 0.231. The van der Waals surface area contributed by atoms with E-state index in [0.29, 0.717) is 33.8 Å². The fourth-order valence-electron chi connectivity index (χ4n) is 4.46. The first-order valence-corrected chi connectivity index (χ1v) is 13.5. The molecule has 0 spiro atoms. The standard InChI is InChI=1S/C26H25N3O3S2/c1-18-7-2-4-10-21(18)25(30)23-17-28-26(33-23)29(20-13-15-27-16-14-20)34(31,32)24-12-6-9-19-8-3-5-11-22(19)24/h2-12,17,20,27H,13-16H2,1H3. The van der Waals surface area contributed by atoms with Gasteiger partial charge in [-0.1, -0.05) is 72.0 Å². The third-order valence-corrected chi connectivity index (χ3v) is 9.23. The Balaban J connectivity index is 1.60. The van der Waals surface area contributed by atoms with Crippen LogP contribution in [0.3, 0.4) is 0 Å². The third kappa shape index (κ3) is 4.13. The van der Waals surface area contributed by atoms with E-state index in [9.17, 15) is 13.2 Å². The summed E-state index contributed by atoms with van der Waals surface area (Å²) < 4.78 is 29.7. The number of carbonyl (C=O) groups excluding carboxylic acids is 1. The van der Waals surface area contributed by atoms with E-state index in [2.05, 4.69) is 10.3 Å². The van der Waals surface area contributed by atoms with Gasteiger partial charge in [0, 0.05) is 10.9 Å². The van der Waals surface area contributed by atoms with Crippen molar-refractivity contribution in [2.45, 2.75) is 30.7 Å². The smallest absolute Gasteiger partial charge is 0.266 e. The van der Waals surface area contributed by atoms with Crippen molar-refractivity contribution in [1.29, 1.82) is 0 Å². The molecule has 1 fully saturated rings. The summed E-state index contributed by atoms with van der Waals surface area (Å²) in [5, 5.41) is 5.17. The van der Waals surface area contributed by atoms with Crippen molar-refractivity contribution in [2.75, 3.05) is 17.4 Å². The van der Waals surface area contributed by atoms with E-state index >= 15 is 0 Å². The minimum atomic E-state index is -3.92. The van der Waals surface area contributed by atoms with Gasteiger partial charge in [-0.25, -0.2) is 17.7 Å². The molecule has 1 aromatic heterocycles. The number of carbonyl (C=O) groups is 1. The SMILES string of the molecule is Cc1ccccc1C(=O)c1cnc(N(C2CCNCC2)S(=O)(=O)c2cccc3ccccc23)s1. The van der Waals surface area contributed by atoms with Crippen LogP contribution in [0.25, 0.3) is 10.8 Å². The number of nitrogens with zero attached hydrogens (tertiary/aromatic N) is 2. The highest BCUT2D eigenvalue weighted by molar-refractivity contribution is 7.93. The molecule has 1 aliphatic heterocycles. The minimum absolute atomic E-state index is 0.144. The van der Waals surface area contributed by atoms with Crippen molar-refractivity contribution in [3.05, 3.63) is 88.9 Å². The minimum Gasteiger partial charge on any atom is -0.317 e. The first-order valence-electron chi connectivity index (χ1n) is 11.3. The number of nitrogens with one attached hydrogen (secondary N) is 1. The topological polar surface area (TPSA) is 79.4 Å². The van der Waals surface area contributed by atoms with E-state index in [4.69, 9.17) is 0 Å². The zero-order valence-corrected chi connectivity index (χ0v) is 20.4. The summed E-state index contributed by atoms with van der Waals surface area (Å²) in [6.07, 6.45) is 2.84. The Kier molecular flexibility index (Phi) is 6.20. The Morgan fingerprint density at radius 2 is 1.71 bits per heavy atom. The number of thiazole rings is 1. The summed E-state index contributed by atoms with van der Waals surface area (Å²) in [6, 6.07) is 20.0. The second-order valence-corrected chi connectivity index (χ2v) is 11.2. The molecule has 4 aromatic rings. The number of piperidine rings is 1. The average molecular weight is 492 g/mol. The number of fused-ring (bicyclic) bond motifs is 1. The normalized spacial score (nSPS) is 14.9. The maximum Gasteiger partial charge on any atom is 0.266 e. The van der Waals surface area contributed by atoms with Crippen molar-refractivity contribution in [2.24, 2.45) is 0 Å². The van der Waals surface area contributed by atoms with Crippen LogP contribution in [0, 0.1) is 6.92 Å². The Hall–Kier alpha value is -3.07. The lowest BCUT2D eigenvalue weighted by Crippen LogP contribution is -2.46. The molecule has 0 saturated carbocycles. The lowest BCUT2D eigenvalue weighted by atomic mass is 10.0. The summed E-state index contributed by atoms with van der Waals surface area (Å²) in [5.74, 6) is -0.144. The zero-order valence-electron chi connectivity index (χ0n) is 18.8. The van der Waals surface area contributed by atoms with Crippen molar-refractivity contribution >= 4 is 43.0 Å². The molecule has 5 rings (SSSR count). The highest BCUT2D eigenvalue weighted by atomic mass is 32.2. The molecule has 0 aliphatic carbocycles. The van der Waals surface area contributed by atoms with E-state index in [-0.39, 0.29) is 16.7 Å². The first kappa shape index (κ1) is 22.7. The first-order chi connectivity index (χ1) is 16.5. The van der Waals surface area contributed by atoms with E-state index in [1.165, 1.54) is 10.5 Å². The number of aromatic nitrogens is 1. The molecule has 1 N–H and O–H groups in total. The van der Waals surface area contributed by atoms with Crippen molar-refractivity contribution in [3.63, 3.8) is 0 Å². The number of sulfonamides is 1. The highest BCUT2D eigenvalue weighted by Gasteiger charge is 2.36. The molecule has 1 saturated heterocycles. The van der Waals surface area contributed by atoms with Crippen LogP contribution in [-0.4, -0.2) is 38.3 Å². The second-order valence-electron chi connectivity index (χ2n) is 8.41. The molecule has 0 atom stereocenters. The lowest BCUT2D eigenvalue weighted by Gasteiger charge is -2.33. The summed E-state index contributed by atoms with van der Waals surface area (Å²) in [7, 11) is -3.92. The molecule has 2 heterocycles. The number of ketones is 1. The van der Waals surface area contributed by atoms with Gasteiger partial charge in [-0.2, -0.15) is 0 Å². The van der Waals surface area contributed by atoms with Crippen LogP contribution in [0.15, 0.2) is 77.8 Å². The van der Waals surface area contributed by atoms with Gasteiger partial charge in [0.25, 0.3) is 10.0 Å². The number of hydrogen-bond donors (Lipinski definition) is 1. The molecule has 0 radical (unpaired) electrons. The van der Waals surface area contributed by atoms with Gasteiger partial charge in [0.1, 0.15) is 0 Å². The van der Waals surface area contributed by atoms with Gasteiger partial charge in [0.15, 0.2) is 5.13 Å². The molecule has 3 aromatic carbocycles. The Morgan fingerprint density at radius 3 is 2.50 bits per heavy atom. The van der Waals surface area contributed by atoms with E-state index in [1.807, 2.05) is 55.5 Å². The van der Waals surface area contributed by atoms with Crippen LogP contribution in [0.1, 0.15) is 33.6 Å². The van der Waals surface area contributed by atoms with E-state index < -0.39 is 10.0 Å². The summed E-state index contributed by atoms with van der Waals surface area (Å²) in [5.41, 5.74) is 1.48. The molecule has 174 valence electrons. The second kappa shape index (κ2) is 9.29. The number of hydrogen-bond acceptors (Lipinski definition) is 6. The molecule has 1 aliphatic rings. The van der Waals surface area contributed by atoms with E-state index in [0.717, 1.165) is 35.4 Å². The van der Waals surface area contributed by atoms with Gasteiger partial charge in [-0.3, -0.25) is 4.79 Å². The quantitative estimate of drug-likeness (QED) is 0.393. The van der Waals surface area contributed by atoms with Gasteiger partial charge in [-0.15, -0.1) is 0 Å². The van der Waals surface area contributed by atoms with Gasteiger partial charge in [-0.05, 0) is 49.9 Å². The predicted octanol–water partition coefficient (Wildman–Crippen LogP) is 4.78. The maximum atomic E-state index is 14.1. The van der Waals surface area contributed by atoms with Crippen LogP contribution in [0.2, 0.25) is 0 Å². The average Bonchev–Trinajstić information content (AvgIpc) is 3.33. The molecule has 0 amide bonds. The number of anilines is 1. The molecule has 0 bridgehead atoms. The third-order valence-electron chi connectivity index (χ3n) is 6.22. The maximum absolute atomic E-state index is 14.1. The summed E-state index contributed by atoms with van der Waals surface area (Å²) in [6.45, 7) is 3.35. The molecular weight excluding hydrogens is 466 g/mol. The van der Waals surface area contributed by atoms with Crippen LogP contribution in [0.4, 0.5) is 5.13 Å². The van der Waals surface area contributed by atoms with Gasteiger partial charge in [0.2, 0.25) is 5.78 Å². The number of rotatable bonds is 6. The number of aryl methyl sites for hydroxylation is 1. The van der Waals surface area contributed by atoms with Gasteiger partial charge in [0.05, 0.1) is 22.0 Å². The van der Waals surface area contributed by atoms with Crippen LogP contribution in [-0.2, 0) is 10.0 Å². The lowest BCUT2D eigenvalue weighted by molar-refractivity contribution is 0.104.